The second-order valence-corrected chi connectivity index (χ2v) is 9.67. The third kappa shape index (κ3) is 6.61. The number of amides is 3. The normalized spacial score (nSPS) is 14.3. The Morgan fingerprint density at radius 2 is 1.52 bits per heavy atom. The van der Waals surface area contributed by atoms with Crippen molar-refractivity contribution in [2.45, 2.75) is 26.8 Å². The Morgan fingerprint density at radius 1 is 0.925 bits per heavy atom. The van der Waals surface area contributed by atoms with E-state index in [-0.39, 0.29) is 25.4 Å². The lowest BCUT2D eigenvalue weighted by molar-refractivity contribution is 0.0744. The number of ether oxygens (including phenoxy) is 1. The second-order valence-electron chi connectivity index (χ2n) is 9.67. The fourth-order valence-corrected chi connectivity index (χ4v) is 4.74. The van der Waals surface area contributed by atoms with Crippen LogP contribution in [-0.2, 0) is 7.05 Å². The summed E-state index contributed by atoms with van der Waals surface area (Å²) in [6, 6.07) is 24.3. The molecule has 3 aromatic carbocycles. The summed E-state index contributed by atoms with van der Waals surface area (Å²) >= 11 is 0. The molecule has 0 radical (unpaired) electrons. The van der Waals surface area contributed by atoms with E-state index in [4.69, 9.17) is 4.74 Å². The first-order chi connectivity index (χ1) is 18.9. The molecule has 1 aromatic heterocycles. The van der Waals surface area contributed by atoms with Gasteiger partial charge in [-0.05, 0) is 74.0 Å². The first-order valence-electron chi connectivity index (χ1n) is 12.9. The molecule has 9 heteroatoms. The van der Waals surface area contributed by atoms with Gasteiger partial charge < -0.3 is 25.2 Å². The molecule has 2 N–H and O–H groups in total. The quantitative estimate of drug-likeness (QED) is 0.293. The van der Waals surface area contributed by atoms with E-state index in [0.29, 0.717) is 22.7 Å². The van der Waals surface area contributed by atoms with Crippen LogP contribution in [-0.4, -0.2) is 52.8 Å². The maximum Gasteiger partial charge on any atom is 0.323 e. The van der Waals surface area contributed by atoms with E-state index in [0.717, 1.165) is 36.6 Å². The van der Waals surface area contributed by atoms with Gasteiger partial charge in [0.15, 0.2) is 0 Å². The number of nitrogens with zero attached hydrogens (tertiary/aromatic N) is 4. The topological polar surface area (TPSA) is 91.7 Å². The molecule has 4 aromatic rings. The van der Waals surface area contributed by atoms with E-state index >= 15 is 0 Å². The van der Waals surface area contributed by atoms with Gasteiger partial charge in [0.25, 0.3) is 5.91 Å². The van der Waals surface area contributed by atoms with Gasteiger partial charge in [0, 0.05) is 50.4 Å². The van der Waals surface area contributed by atoms with Gasteiger partial charge in [-0.3, -0.25) is 9.48 Å². The van der Waals surface area contributed by atoms with Crippen molar-refractivity contribution in [1.29, 1.82) is 0 Å². The van der Waals surface area contributed by atoms with Crippen LogP contribution in [0, 0.1) is 6.92 Å². The van der Waals surface area contributed by atoms with Crippen molar-refractivity contribution in [3.8, 4) is 11.5 Å². The number of hydrogen-bond acceptors (Lipinski definition) is 5. The zero-order chi connectivity index (χ0) is 27.4. The second kappa shape index (κ2) is 12.4. The fraction of sp³-hybridized carbons (Fsp3) is 0.258. The van der Waals surface area contributed by atoms with Crippen molar-refractivity contribution >= 4 is 29.0 Å². The Bertz CT molecular complexity index is 1430. The van der Waals surface area contributed by atoms with Crippen LogP contribution in [0.3, 0.4) is 0 Å². The Kier molecular flexibility index (Phi) is 8.73. The standard InChI is InChI=1S/C30H32N6O3.CH4/c1-21-28(20-34(2)33-21)29(37)35(3)25-17-18-36(19-25)24-13-9-22(10-14-24)31-30(38)32-23-11-15-27(16-12-23)39-26-7-5-4-6-8-26;/h4-16,20,25H,17-19H2,1-3H3,(H2,31,32,38);1H4. The lowest BCUT2D eigenvalue weighted by Gasteiger charge is -2.25. The molecule has 0 spiro atoms. The first-order valence-corrected chi connectivity index (χ1v) is 12.9. The summed E-state index contributed by atoms with van der Waals surface area (Å²) in [5.74, 6) is 1.44. The average molecular weight is 541 g/mol. The van der Waals surface area contributed by atoms with E-state index in [1.807, 2.05) is 92.6 Å². The number of benzene rings is 3. The number of rotatable bonds is 7. The Hall–Kier alpha value is -4.79. The molecule has 2 heterocycles. The highest BCUT2D eigenvalue weighted by atomic mass is 16.5. The Balaban J connectivity index is 0.00000370. The minimum absolute atomic E-state index is 0. The number of likely N-dealkylation sites (N-methyl/N-ethyl adjacent to an activating group) is 1. The van der Waals surface area contributed by atoms with Gasteiger partial charge in [0.05, 0.1) is 17.3 Å². The molecule has 5 rings (SSSR count). The third-order valence-electron chi connectivity index (χ3n) is 6.86. The van der Waals surface area contributed by atoms with Gasteiger partial charge in [-0.15, -0.1) is 0 Å². The van der Waals surface area contributed by atoms with Gasteiger partial charge in [0.2, 0.25) is 0 Å². The van der Waals surface area contributed by atoms with Crippen LogP contribution in [0.4, 0.5) is 21.9 Å². The van der Waals surface area contributed by atoms with Gasteiger partial charge in [-0.1, -0.05) is 25.6 Å². The number of carbonyl (C=O) groups excluding carboxylic acids is 2. The van der Waals surface area contributed by atoms with Crippen LogP contribution in [0.5, 0.6) is 11.5 Å². The molecule has 0 aliphatic carbocycles. The molecule has 1 fully saturated rings. The van der Waals surface area contributed by atoms with Crippen LogP contribution >= 0.6 is 0 Å². The highest BCUT2D eigenvalue weighted by Crippen LogP contribution is 2.26. The van der Waals surface area contributed by atoms with Crippen LogP contribution in [0.2, 0.25) is 0 Å². The zero-order valence-corrected chi connectivity index (χ0v) is 22.3. The van der Waals surface area contributed by atoms with E-state index < -0.39 is 0 Å². The largest absolute Gasteiger partial charge is 0.457 e. The van der Waals surface area contributed by atoms with Crippen molar-refractivity contribution in [3.05, 3.63) is 96.3 Å². The SMILES string of the molecule is C.Cc1nn(C)cc1C(=O)N(C)C1CCN(c2ccc(NC(=O)Nc3ccc(Oc4ccccc4)cc3)cc2)C1. The maximum atomic E-state index is 13.0. The van der Waals surface area contributed by atoms with Crippen LogP contribution in [0.25, 0.3) is 0 Å². The molecule has 1 atom stereocenters. The first kappa shape index (κ1) is 28.2. The fourth-order valence-electron chi connectivity index (χ4n) is 4.74. The molecular weight excluding hydrogens is 504 g/mol. The summed E-state index contributed by atoms with van der Waals surface area (Å²) < 4.78 is 7.46. The van der Waals surface area contributed by atoms with E-state index in [2.05, 4.69) is 20.6 Å². The molecular formula is C31H36N6O3. The highest BCUT2D eigenvalue weighted by Gasteiger charge is 2.30. The number of aromatic nitrogens is 2. The van der Waals surface area contributed by atoms with Gasteiger partial charge in [-0.2, -0.15) is 5.10 Å². The van der Waals surface area contributed by atoms with Crippen molar-refractivity contribution in [1.82, 2.24) is 14.7 Å². The van der Waals surface area contributed by atoms with Gasteiger partial charge in [-0.25, -0.2) is 4.79 Å². The number of urea groups is 1. The third-order valence-corrected chi connectivity index (χ3v) is 6.86. The van der Waals surface area contributed by atoms with Gasteiger partial charge in [0.1, 0.15) is 11.5 Å². The molecule has 3 amide bonds. The summed E-state index contributed by atoms with van der Waals surface area (Å²) in [5, 5.41) is 10.0. The summed E-state index contributed by atoms with van der Waals surface area (Å²) in [4.78, 5) is 29.6. The van der Waals surface area contributed by atoms with Gasteiger partial charge >= 0.3 is 6.03 Å². The minimum atomic E-state index is -0.327. The molecule has 1 aliphatic heterocycles. The Labute approximate surface area is 235 Å². The van der Waals surface area contributed by atoms with Crippen molar-refractivity contribution in [3.63, 3.8) is 0 Å². The molecule has 9 nitrogen and oxygen atoms in total. The summed E-state index contributed by atoms with van der Waals surface area (Å²) in [7, 11) is 3.68. The molecule has 40 heavy (non-hydrogen) atoms. The summed E-state index contributed by atoms with van der Waals surface area (Å²) in [5.41, 5.74) is 3.79. The molecule has 1 unspecified atom stereocenters. The number of anilines is 3. The number of carbonyl (C=O) groups is 2. The lowest BCUT2D eigenvalue weighted by Crippen LogP contribution is -2.39. The average Bonchev–Trinajstić information content (AvgIpc) is 3.56. The molecule has 1 aliphatic rings. The predicted octanol–water partition coefficient (Wildman–Crippen LogP) is 6.15. The van der Waals surface area contributed by atoms with Crippen LogP contribution in [0.1, 0.15) is 29.9 Å². The summed E-state index contributed by atoms with van der Waals surface area (Å²) in [6.45, 7) is 3.46. The van der Waals surface area contributed by atoms with Crippen LogP contribution < -0.4 is 20.3 Å². The van der Waals surface area contributed by atoms with E-state index in [9.17, 15) is 9.59 Å². The highest BCUT2D eigenvalue weighted by molar-refractivity contribution is 5.99. The van der Waals surface area contributed by atoms with Crippen LogP contribution in [0.15, 0.2) is 85.1 Å². The summed E-state index contributed by atoms with van der Waals surface area (Å²) in [6.07, 6.45) is 2.66. The molecule has 208 valence electrons. The number of para-hydroxylation sites is 1. The Morgan fingerprint density at radius 3 is 2.12 bits per heavy atom. The van der Waals surface area contributed by atoms with Crippen molar-refractivity contribution in [2.75, 3.05) is 35.7 Å². The minimum Gasteiger partial charge on any atom is -0.457 e. The number of aryl methyl sites for hydroxylation is 2. The number of hydrogen-bond donors (Lipinski definition) is 2. The van der Waals surface area contributed by atoms with E-state index in [1.165, 1.54) is 0 Å². The zero-order valence-electron chi connectivity index (χ0n) is 22.3. The van der Waals surface area contributed by atoms with E-state index in [1.54, 1.807) is 23.0 Å². The molecule has 1 saturated heterocycles. The molecule has 0 bridgehead atoms. The predicted molar refractivity (Wildman–Crippen MR) is 159 cm³/mol. The smallest absolute Gasteiger partial charge is 0.323 e. The lowest BCUT2D eigenvalue weighted by atomic mass is 10.2. The monoisotopic (exact) mass is 540 g/mol. The maximum absolute atomic E-state index is 13.0. The number of nitrogens with one attached hydrogen (secondary N) is 2. The van der Waals surface area contributed by atoms with Crippen molar-refractivity contribution < 1.29 is 14.3 Å². The molecule has 0 saturated carbocycles. The van der Waals surface area contributed by atoms with Crippen molar-refractivity contribution in [2.24, 2.45) is 7.05 Å².